The number of methoxy groups -OCH3 is 1. The Morgan fingerprint density at radius 2 is 1.77 bits per heavy atom. The van der Waals surface area contributed by atoms with Crippen molar-refractivity contribution in [3.05, 3.63) is 69.4 Å². The first-order chi connectivity index (χ1) is 14.7. The Hall–Kier alpha value is -3.67. The van der Waals surface area contributed by atoms with Gasteiger partial charge in [0, 0.05) is 23.3 Å². The van der Waals surface area contributed by atoms with Crippen molar-refractivity contribution >= 4 is 11.0 Å². The Bertz CT molecular complexity index is 1240. The molecule has 1 heterocycles. The SMILES string of the molecule is COc1cc(-c2cc(=O)c3c(O)c(CC=C(C)CC=C(C)C)c(O)cc3o2)ccc1O. The van der Waals surface area contributed by atoms with E-state index in [-0.39, 0.29) is 51.7 Å². The number of fused-ring (bicyclic) bond motifs is 1. The number of rotatable bonds is 6. The third kappa shape index (κ3) is 4.74. The first-order valence-electron chi connectivity index (χ1n) is 9.89. The molecule has 3 rings (SSSR count). The molecule has 0 aliphatic rings. The second-order valence-electron chi connectivity index (χ2n) is 7.70. The minimum atomic E-state index is -0.438. The summed E-state index contributed by atoms with van der Waals surface area (Å²) in [5.74, 6) is -0.0247. The number of hydrogen-bond acceptors (Lipinski definition) is 6. The van der Waals surface area contributed by atoms with Crippen LogP contribution in [0.5, 0.6) is 23.0 Å². The number of phenols is 3. The van der Waals surface area contributed by atoms with Gasteiger partial charge in [0.05, 0.1) is 7.11 Å². The normalized spacial score (nSPS) is 11.5. The topological polar surface area (TPSA) is 100 Å². The van der Waals surface area contributed by atoms with Crippen LogP contribution in [0, 0.1) is 0 Å². The molecule has 1 aromatic heterocycles. The molecule has 0 atom stereocenters. The molecular weight excluding hydrogens is 396 g/mol. The van der Waals surface area contributed by atoms with Gasteiger partial charge in [-0.15, -0.1) is 0 Å². The summed E-state index contributed by atoms with van der Waals surface area (Å²) in [6.07, 6.45) is 5.07. The van der Waals surface area contributed by atoms with Crippen molar-refractivity contribution in [3.63, 3.8) is 0 Å². The van der Waals surface area contributed by atoms with Crippen LogP contribution < -0.4 is 10.2 Å². The van der Waals surface area contributed by atoms with Gasteiger partial charge in [-0.1, -0.05) is 23.3 Å². The molecule has 0 bridgehead atoms. The zero-order chi connectivity index (χ0) is 22.7. The summed E-state index contributed by atoms with van der Waals surface area (Å²) >= 11 is 0. The summed E-state index contributed by atoms with van der Waals surface area (Å²) in [6, 6.07) is 7.15. The highest BCUT2D eigenvalue weighted by Crippen LogP contribution is 2.37. The lowest BCUT2D eigenvalue weighted by molar-refractivity contribution is 0.373. The average molecular weight is 422 g/mol. The van der Waals surface area contributed by atoms with Crippen molar-refractivity contribution in [2.75, 3.05) is 7.11 Å². The minimum Gasteiger partial charge on any atom is -0.507 e. The lowest BCUT2D eigenvalue weighted by atomic mass is 10.0. The molecular formula is C25H26O6. The van der Waals surface area contributed by atoms with Gasteiger partial charge in [0.15, 0.2) is 16.9 Å². The average Bonchev–Trinajstić information content (AvgIpc) is 2.71. The molecule has 0 saturated carbocycles. The van der Waals surface area contributed by atoms with Gasteiger partial charge in [0.25, 0.3) is 0 Å². The van der Waals surface area contributed by atoms with Gasteiger partial charge in [-0.05, 0) is 51.8 Å². The van der Waals surface area contributed by atoms with Crippen molar-refractivity contribution in [1.29, 1.82) is 0 Å². The lowest BCUT2D eigenvalue weighted by Crippen LogP contribution is -2.02. The van der Waals surface area contributed by atoms with Gasteiger partial charge in [-0.3, -0.25) is 4.79 Å². The zero-order valence-electron chi connectivity index (χ0n) is 18.0. The van der Waals surface area contributed by atoms with E-state index in [9.17, 15) is 20.1 Å². The van der Waals surface area contributed by atoms with Crippen LogP contribution in [0.3, 0.4) is 0 Å². The summed E-state index contributed by atoms with van der Waals surface area (Å²) in [7, 11) is 1.42. The summed E-state index contributed by atoms with van der Waals surface area (Å²) in [4.78, 5) is 12.8. The maximum Gasteiger partial charge on any atom is 0.197 e. The Labute approximate surface area is 180 Å². The Balaban J connectivity index is 2.05. The second kappa shape index (κ2) is 9.00. The van der Waals surface area contributed by atoms with Crippen LogP contribution in [0.1, 0.15) is 32.8 Å². The van der Waals surface area contributed by atoms with E-state index in [1.807, 2.05) is 26.8 Å². The number of benzene rings is 2. The molecule has 0 saturated heterocycles. The number of hydrogen-bond donors (Lipinski definition) is 3. The predicted molar refractivity (Wildman–Crippen MR) is 121 cm³/mol. The molecule has 3 aromatic rings. The molecule has 3 N–H and O–H groups in total. The Morgan fingerprint density at radius 1 is 1.03 bits per heavy atom. The van der Waals surface area contributed by atoms with Crippen molar-refractivity contribution in [2.45, 2.75) is 33.6 Å². The molecule has 6 nitrogen and oxygen atoms in total. The van der Waals surface area contributed by atoms with Crippen molar-refractivity contribution in [3.8, 4) is 34.3 Å². The van der Waals surface area contributed by atoms with Crippen LogP contribution in [0.2, 0.25) is 0 Å². The summed E-state index contributed by atoms with van der Waals surface area (Å²) in [5, 5.41) is 31.0. The molecule has 0 radical (unpaired) electrons. The molecule has 31 heavy (non-hydrogen) atoms. The first kappa shape index (κ1) is 22.0. The van der Waals surface area contributed by atoms with Gasteiger partial charge in [0.1, 0.15) is 28.2 Å². The highest BCUT2D eigenvalue weighted by Gasteiger charge is 2.18. The Morgan fingerprint density at radius 3 is 2.45 bits per heavy atom. The van der Waals surface area contributed by atoms with Gasteiger partial charge >= 0.3 is 0 Å². The van der Waals surface area contributed by atoms with Gasteiger partial charge in [-0.2, -0.15) is 0 Å². The second-order valence-corrected chi connectivity index (χ2v) is 7.70. The fraction of sp³-hybridized carbons (Fsp3) is 0.240. The van der Waals surface area contributed by atoms with Crippen LogP contribution in [0.15, 0.2) is 62.8 Å². The number of aromatic hydroxyl groups is 3. The highest BCUT2D eigenvalue weighted by atomic mass is 16.5. The monoisotopic (exact) mass is 422 g/mol. The molecule has 0 amide bonds. The fourth-order valence-corrected chi connectivity index (χ4v) is 3.23. The van der Waals surface area contributed by atoms with E-state index in [1.54, 1.807) is 6.07 Å². The maximum absolute atomic E-state index is 12.8. The standard InChI is InChI=1S/C25H26O6/c1-14(2)5-6-15(3)7-9-17-19(27)12-23-24(25(17)29)20(28)13-21(31-23)16-8-10-18(26)22(11-16)30-4/h5,7-8,10-13,26-27,29H,6,9H2,1-4H3. The van der Waals surface area contributed by atoms with E-state index in [0.717, 1.165) is 12.0 Å². The molecule has 0 aliphatic carbocycles. The smallest absolute Gasteiger partial charge is 0.197 e. The van der Waals surface area contributed by atoms with E-state index in [4.69, 9.17) is 9.15 Å². The van der Waals surface area contributed by atoms with Crippen LogP contribution in [-0.2, 0) is 6.42 Å². The molecule has 0 fully saturated rings. The largest absolute Gasteiger partial charge is 0.507 e. The van der Waals surface area contributed by atoms with Crippen LogP contribution in [0.25, 0.3) is 22.3 Å². The summed E-state index contributed by atoms with van der Waals surface area (Å²) in [6.45, 7) is 6.02. The van der Waals surface area contributed by atoms with E-state index < -0.39 is 5.43 Å². The van der Waals surface area contributed by atoms with E-state index in [2.05, 4.69) is 6.08 Å². The van der Waals surface area contributed by atoms with Crippen LogP contribution in [-0.4, -0.2) is 22.4 Å². The molecule has 0 unspecified atom stereocenters. The number of ether oxygens (including phenoxy) is 1. The first-order valence-corrected chi connectivity index (χ1v) is 9.89. The lowest BCUT2D eigenvalue weighted by Gasteiger charge is -2.11. The van der Waals surface area contributed by atoms with Crippen molar-refractivity contribution in [2.24, 2.45) is 0 Å². The van der Waals surface area contributed by atoms with Crippen molar-refractivity contribution in [1.82, 2.24) is 0 Å². The van der Waals surface area contributed by atoms with Crippen molar-refractivity contribution < 1.29 is 24.5 Å². The maximum atomic E-state index is 12.8. The molecule has 162 valence electrons. The van der Waals surface area contributed by atoms with E-state index in [1.165, 1.54) is 36.9 Å². The van der Waals surface area contributed by atoms with E-state index >= 15 is 0 Å². The van der Waals surface area contributed by atoms with E-state index in [0.29, 0.717) is 5.56 Å². The van der Waals surface area contributed by atoms with Crippen LogP contribution >= 0.6 is 0 Å². The summed E-state index contributed by atoms with van der Waals surface area (Å²) in [5.41, 5.74) is 2.71. The highest BCUT2D eigenvalue weighted by molar-refractivity contribution is 5.88. The number of phenolic OH excluding ortho intramolecular Hbond substituents is 3. The molecule has 6 heteroatoms. The Kier molecular flexibility index (Phi) is 6.39. The molecule has 0 aliphatic heterocycles. The minimum absolute atomic E-state index is 0.0117. The zero-order valence-corrected chi connectivity index (χ0v) is 18.0. The molecule has 0 spiro atoms. The quantitative estimate of drug-likeness (QED) is 0.458. The van der Waals surface area contributed by atoms with Gasteiger partial charge in [-0.25, -0.2) is 0 Å². The third-order valence-electron chi connectivity index (χ3n) is 5.03. The van der Waals surface area contributed by atoms with Gasteiger partial charge in [0.2, 0.25) is 0 Å². The van der Waals surface area contributed by atoms with Crippen LogP contribution in [0.4, 0.5) is 0 Å². The fourth-order valence-electron chi connectivity index (χ4n) is 3.23. The van der Waals surface area contributed by atoms with Gasteiger partial charge < -0.3 is 24.5 Å². The third-order valence-corrected chi connectivity index (χ3v) is 5.03. The predicted octanol–water partition coefficient (Wildman–Crippen LogP) is 5.43. The number of allylic oxidation sites excluding steroid dienone is 4. The molecule has 2 aromatic carbocycles. The summed E-state index contributed by atoms with van der Waals surface area (Å²) < 4.78 is 10.9.